The van der Waals surface area contributed by atoms with Crippen molar-refractivity contribution < 1.29 is 9.47 Å². The van der Waals surface area contributed by atoms with Gasteiger partial charge in [-0.3, -0.25) is 9.69 Å². The number of piperazine rings is 1. The van der Waals surface area contributed by atoms with Crippen molar-refractivity contribution in [3.63, 3.8) is 0 Å². The number of rotatable bonds is 3. The Bertz CT molecular complexity index is 802. The van der Waals surface area contributed by atoms with Gasteiger partial charge in [0.2, 0.25) is 6.79 Å². The normalized spacial score (nSPS) is 17.3. The number of hydrogen-bond acceptors (Lipinski definition) is 6. The zero-order valence-corrected chi connectivity index (χ0v) is 13.8. The Balaban J connectivity index is 1.39. The van der Waals surface area contributed by atoms with Crippen molar-refractivity contribution in [2.75, 3.05) is 37.9 Å². The standard InChI is InChI=1S/C16H17ClN4O3/c17-15-12(8-18-19-16(15)22)21-5-3-20(4-6-21)9-11-1-2-13-14(7-11)24-10-23-13/h1-2,7-8H,3-6,9-10H2,(H,19,22). The predicted octanol–water partition coefficient (Wildman–Crippen LogP) is 1.47. The lowest BCUT2D eigenvalue weighted by atomic mass is 10.1. The smallest absolute Gasteiger partial charge is 0.285 e. The molecule has 0 bridgehead atoms. The fraction of sp³-hybridized carbons (Fsp3) is 0.375. The Morgan fingerprint density at radius 3 is 2.79 bits per heavy atom. The van der Waals surface area contributed by atoms with Crippen LogP contribution >= 0.6 is 11.6 Å². The zero-order valence-electron chi connectivity index (χ0n) is 13.0. The summed E-state index contributed by atoms with van der Waals surface area (Å²) in [5, 5.41) is 6.38. The molecule has 4 rings (SSSR count). The van der Waals surface area contributed by atoms with Crippen LogP contribution in [-0.4, -0.2) is 48.1 Å². The molecule has 0 amide bonds. The molecule has 0 saturated carbocycles. The lowest BCUT2D eigenvalue weighted by molar-refractivity contribution is 0.174. The van der Waals surface area contributed by atoms with Crippen LogP contribution in [0.1, 0.15) is 5.56 Å². The molecular weight excluding hydrogens is 332 g/mol. The first-order chi connectivity index (χ1) is 11.7. The van der Waals surface area contributed by atoms with Crippen molar-refractivity contribution in [1.29, 1.82) is 0 Å². The summed E-state index contributed by atoms with van der Waals surface area (Å²) >= 11 is 6.08. The van der Waals surface area contributed by atoms with Crippen molar-refractivity contribution in [1.82, 2.24) is 15.1 Å². The third-order valence-corrected chi connectivity index (χ3v) is 4.70. The summed E-state index contributed by atoms with van der Waals surface area (Å²) in [6.07, 6.45) is 1.61. The number of benzene rings is 1. The van der Waals surface area contributed by atoms with Gasteiger partial charge in [0.05, 0.1) is 11.9 Å². The van der Waals surface area contributed by atoms with Crippen LogP contribution < -0.4 is 19.9 Å². The highest BCUT2D eigenvalue weighted by Crippen LogP contribution is 2.33. The Morgan fingerprint density at radius 2 is 1.96 bits per heavy atom. The average Bonchev–Trinajstić information content (AvgIpc) is 3.06. The molecule has 2 aromatic rings. The van der Waals surface area contributed by atoms with Gasteiger partial charge < -0.3 is 14.4 Å². The molecule has 2 aliphatic heterocycles. The van der Waals surface area contributed by atoms with E-state index in [4.69, 9.17) is 21.1 Å². The maximum absolute atomic E-state index is 11.6. The van der Waals surface area contributed by atoms with Crippen molar-refractivity contribution >= 4 is 17.3 Å². The van der Waals surface area contributed by atoms with Crippen molar-refractivity contribution in [3.05, 3.63) is 45.3 Å². The molecule has 1 aromatic carbocycles. The second kappa shape index (κ2) is 6.33. The number of nitrogens with one attached hydrogen (secondary N) is 1. The highest BCUT2D eigenvalue weighted by Gasteiger charge is 2.21. The highest BCUT2D eigenvalue weighted by atomic mass is 35.5. The summed E-state index contributed by atoms with van der Waals surface area (Å²) in [6, 6.07) is 6.05. The third-order valence-electron chi connectivity index (χ3n) is 4.33. The number of halogens is 1. The summed E-state index contributed by atoms with van der Waals surface area (Å²) in [4.78, 5) is 16.0. The maximum Gasteiger partial charge on any atom is 0.285 e. The zero-order chi connectivity index (χ0) is 16.5. The third kappa shape index (κ3) is 2.92. The van der Waals surface area contributed by atoms with E-state index in [1.165, 1.54) is 5.56 Å². The molecule has 8 heteroatoms. The van der Waals surface area contributed by atoms with Crippen LogP contribution in [0.15, 0.2) is 29.2 Å². The minimum atomic E-state index is -0.350. The average molecular weight is 349 g/mol. The van der Waals surface area contributed by atoms with Gasteiger partial charge in [-0.2, -0.15) is 5.10 Å². The van der Waals surface area contributed by atoms with Crippen molar-refractivity contribution in [2.24, 2.45) is 0 Å². The first-order valence-electron chi connectivity index (χ1n) is 7.80. The van der Waals surface area contributed by atoms with Crippen LogP contribution in [0.2, 0.25) is 5.02 Å². The Hall–Kier alpha value is -2.25. The molecule has 1 N–H and O–H groups in total. The fourth-order valence-electron chi connectivity index (χ4n) is 3.04. The summed E-state index contributed by atoms with van der Waals surface area (Å²) in [5.74, 6) is 1.62. The molecule has 3 heterocycles. The summed E-state index contributed by atoms with van der Waals surface area (Å²) in [6.45, 7) is 4.52. The lowest BCUT2D eigenvalue weighted by Gasteiger charge is -2.36. The van der Waals surface area contributed by atoms with Crippen LogP contribution in [0.25, 0.3) is 0 Å². The minimum absolute atomic E-state index is 0.203. The molecule has 7 nitrogen and oxygen atoms in total. The number of ether oxygens (including phenoxy) is 2. The highest BCUT2D eigenvalue weighted by molar-refractivity contribution is 6.32. The molecule has 0 unspecified atom stereocenters. The van der Waals surface area contributed by atoms with Gasteiger partial charge in [-0.1, -0.05) is 17.7 Å². The predicted molar refractivity (Wildman–Crippen MR) is 89.9 cm³/mol. The largest absolute Gasteiger partial charge is 0.454 e. The van der Waals surface area contributed by atoms with E-state index >= 15 is 0 Å². The summed E-state index contributed by atoms with van der Waals surface area (Å²) in [7, 11) is 0. The Labute approximate surface area is 143 Å². The molecule has 2 aliphatic rings. The molecule has 24 heavy (non-hydrogen) atoms. The van der Waals surface area contributed by atoms with E-state index in [-0.39, 0.29) is 10.6 Å². The minimum Gasteiger partial charge on any atom is -0.454 e. The van der Waals surface area contributed by atoms with Gasteiger partial charge in [-0.05, 0) is 17.7 Å². The number of aromatic amines is 1. The number of anilines is 1. The maximum atomic E-state index is 11.6. The van der Waals surface area contributed by atoms with E-state index < -0.39 is 0 Å². The van der Waals surface area contributed by atoms with Gasteiger partial charge in [0.1, 0.15) is 5.02 Å². The number of fused-ring (bicyclic) bond motifs is 1. The van der Waals surface area contributed by atoms with Crippen molar-refractivity contribution in [3.8, 4) is 11.5 Å². The van der Waals surface area contributed by atoms with E-state index in [9.17, 15) is 4.79 Å². The molecule has 0 atom stereocenters. The quantitative estimate of drug-likeness (QED) is 0.906. The summed E-state index contributed by atoms with van der Waals surface area (Å²) < 4.78 is 10.8. The number of hydrogen-bond donors (Lipinski definition) is 1. The van der Waals surface area contributed by atoms with Crippen LogP contribution in [0.5, 0.6) is 11.5 Å². The van der Waals surface area contributed by atoms with Gasteiger partial charge in [0.25, 0.3) is 5.56 Å². The Morgan fingerprint density at radius 1 is 1.17 bits per heavy atom. The molecular formula is C16H17ClN4O3. The van der Waals surface area contributed by atoms with E-state index in [2.05, 4.69) is 26.1 Å². The molecule has 0 aliphatic carbocycles. The van der Waals surface area contributed by atoms with Gasteiger partial charge in [0.15, 0.2) is 11.5 Å². The molecule has 126 valence electrons. The second-order valence-electron chi connectivity index (χ2n) is 5.85. The lowest BCUT2D eigenvalue weighted by Crippen LogP contribution is -2.46. The van der Waals surface area contributed by atoms with Gasteiger partial charge in [0, 0.05) is 32.7 Å². The van der Waals surface area contributed by atoms with E-state index in [1.807, 2.05) is 12.1 Å². The molecule has 1 saturated heterocycles. The van der Waals surface area contributed by atoms with E-state index in [0.29, 0.717) is 12.5 Å². The topological polar surface area (TPSA) is 70.7 Å². The monoisotopic (exact) mass is 348 g/mol. The SMILES string of the molecule is O=c1[nH]ncc(N2CCN(Cc3ccc4c(c3)OCO4)CC2)c1Cl. The van der Waals surface area contributed by atoms with Crippen molar-refractivity contribution in [2.45, 2.75) is 6.54 Å². The van der Waals surface area contributed by atoms with E-state index in [0.717, 1.165) is 44.2 Å². The van der Waals surface area contributed by atoms with Crippen LogP contribution in [0.4, 0.5) is 5.69 Å². The fourth-order valence-corrected chi connectivity index (χ4v) is 3.25. The molecule has 0 spiro atoms. The van der Waals surface area contributed by atoms with Crippen LogP contribution in [-0.2, 0) is 6.54 Å². The van der Waals surface area contributed by atoms with Gasteiger partial charge in [-0.25, -0.2) is 5.10 Å². The molecule has 1 fully saturated rings. The second-order valence-corrected chi connectivity index (χ2v) is 6.23. The van der Waals surface area contributed by atoms with Gasteiger partial charge in [-0.15, -0.1) is 0 Å². The Kier molecular flexibility index (Phi) is 4.03. The van der Waals surface area contributed by atoms with E-state index in [1.54, 1.807) is 6.20 Å². The van der Waals surface area contributed by atoms with Crippen LogP contribution in [0, 0.1) is 0 Å². The molecule has 1 aromatic heterocycles. The summed E-state index contributed by atoms with van der Waals surface area (Å²) in [5.41, 5.74) is 1.55. The number of H-pyrrole nitrogens is 1. The number of aromatic nitrogens is 2. The number of nitrogens with zero attached hydrogens (tertiary/aromatic N) is 3. The first-order valence-corrected chi connectivity index (χ1v) is 8.17. The van der Waals surface area contributed by atoms with Crippen LogP contribution in [0.3, 0.4) is 0 Å². The van der Waals surface area contributed by atoms with Gasteiger partial charge >= 0.3 is 0 Å². The first kappa shape index (κ1) is 15.3. The molecule has 0 radical (unpaired) electrons.